The number of hydrogen-bond acceptors (Lipinski definition) is 2. The van der Waals surface area contributed by atoms with E-state index in [2.05, 4.69) is 4.98 Å². The summed E-state index contributed by atoms with van der Waals surface area (Å²) in [6.45, 7) is 0.734. The van der Waals surface area contributed by atoms with Gasteiger partial charge in [0.25, 0.3) is 0 Å². The summed E-state index contributed by atoms with van der Waals surface area (Å²) >= 11 is 0. The van der Waals surface area contributed by atoms with E-state index in [9.17, 15) is 4.39 Å². The Morgan fingerprint density at radius 3 is 2.58 bits per heavy atom. The lowest BCUT2D eigenvalue weighted by Crippen LogP contribution is -2.05. The van der Waals surface area contributed by atoms with Gasteiger partial charge in [-0.3, -0.25) is 0 Å². The fourth-order valence-corrected chi connectivity index (χ4v) is 2.22. The number of nitrogens with zero attached hydrogens (tertiary/aromatic N) is 2. The smallest absolute Gasteiger partial charge is 0.201 e. The van der Waals surface area contributed by atoms with Crippen molar-refractivity contribution in [2.75, 3.05) is 5.73 Å². The molecule has 0 unspecified atom stereocenters. The number of nitrogen functional groups attached to an aromatic ring is 1. The summed E-state index contributed by atoms with van der Waals surface area (Å²) in [4.78, 5) is 4.32. The molecule has 0 aliphatic rings. The van der Waals surface area contributed by atoms with Crippen LogP contribution < -0.4 is 5.73 Å². The fourth-order valence-electron chi connectivity index (χ4n) is 2.22. The highest BCUT2D eigenvalue weighted by Gasteiger charge is 2.07. The quantitative estimate of drug-likeness (QED) is 0.781. The minimum atomic E-state index is -0.212. The van der Waals surface area contributed by atoms with Crippen LogP contribution in [0.5, 0.6) is 0 Å². The molecule has 0 spiro atoms. The minimum Gasteiger partial charge on any atom is -0.369 e. The molecule has 2 N–H and O–H groups in total. The first-order chi connectivity index (χ1) is 9.24. The predicted molar refractivity (Wildman–Crippen MR) is 74.2 cm³/mol. The average molecular weight is 255 g/mol. The number of aryl methyl sites for hydroxylation is 2. The van der Waals surface area contributed by atoms with Crippen LogP contribution in [0.3, 0.4) is 0 Å². The van der Waals surface area contributed by atoms with Crippen LogP contribution in [-0.4, -0.2) is 9.55 Å². The van der Waals surface area contributed by atoms with E-state index in [0.717, 1.165) is 29.6 Å². The van der Waals surface area contributed by atoms with E-state index in [-0.39, 0.29) is 5.82 Å². The van der Waals surface area contributed by atoms with Gasteiger partial charge in [0.2, 0.25) is 5.95 Å². The number of nitrogens with two attached hydrogens (primary N) is 1. The highest BCUT2D eigenvalue weighted by molar-refractivity contribution is 5.78. The van der Waals surface area contributed by atoms with Gasteiger partial charge in [-0.2, -0.15) is 0 Å². The van der Waals surface area contributed by atoms with Gasteiger partial charge in [0.1, 0.15) is 5.82 Å². The second-order valence-electron chi connectivity index (χ2n) is 4.49. The van der Waals surface area contributed by atoms with Crippen molar-refractivity contribution >= 4 is 17.0 Å². The van der Waals surface area contributed by atoms with Crippen LogP contribution in [0.25, 0.3) is 11.0 Å². The second kappa shape index (κ2) is 4.72. The number of aromatic nitrogens is 2. The molecular weight excluding hydrogens is 241 g/mol. The van der Waals surface area contributed by atoms with Gasteiger partial charge in [-0.05, 0) is 36.2 Å². The lowest BCUT2D eigenvalue weighted by Gasteiger charge is -2.06. The largest absolute Gasteiger partial charge is 0.369 e. The molecule has 19 heavy (non-hydrogen) atoms. The summed E-state index contributed by atoms with van der Waals surface area (Å²) in [5.74, 6) is 0.305. The summed E-state index contributed by atoms with van der Waals surface area (Å²) < 4.78 is 14.8. The predicted octanol–water partition coefficient (Wildman–Crippen LogP) is 3.00. The average Bonchev–Trinajstić information content (AvgIpc) is 2.74. The Morgan fingerprint density at radius 2 is 1.79 bits per heavy atom. The van der Waals surface area contributed by atoms with Gasteiger partial charge in [-0.15, -0.1) is 0 Å². The van der Waals surface area contributed by atoms with Crippen LogP contribution in [0.15, 0.2) is 48.5 Å². The van der Waals surface area contributed by atoms with E-state index >= 15 is 0 Å². The number of fused-ring (bicyclic) bond motifs is 1. The molecule has 0 aliphatic carbocycles. The molecule has 3 nitrogen and oxygen atoms in total. The topological polar surface area (TPSA) is 43.8 Å². The van der Waals surface area contributed by atoms with E-state index in [1.54, 1.807) is 12.1 Å². The summed E-state index contributed by atoms with van der Waals surface area (Å²) in [5, 5.41) is 0. The van der Waals surface area contributed by atoms with E-state index in [1.807, 2.05) is 28.8 Å². The maximum absolute atomic E-state index is 12.8. The summed E-state index contributed by atoms with van der Waals surface area (Å²) in [6, 6.07) is 14.4. The molecule has 3 rings (SSSR count). The van der Waals surface area contributed by atoms with Gasteiger partial charge < -0.3 is 10.3 Å². The number of imidazole rings is 1. The number of hydrogen-bond donors (Lipinski definition) is 1. The van der Waals surface area contributed by atoms with Crippen molar-refractivity contribution in [1.82, 2.24) is 9.55 Å². The van der Waals surface area contributed by atoms with Crippen LogP contribution in [-0.2, 0) is 13.0 Å². The number of halogens is 1. The highest BCUT2D eigenvalue weighted by Crippen LogP contribution is 2.18. The molecule has 1 heterocycles. The van der Waals surface area contributed by atoms with Crippen LogP contribution in [0.2, 0.25) is 0 Å². The first-order valence-corrected chi connectivity index (χ1v) is 6.19. The van der Waals surface area contributed by atoms with Gasteiger partial charge in [-0.25, -0.2) is 9.37 Å². The van der Waals surface area contributed by atoms with E-state index in [0.29, 0.717) is 5.95 Å². The Labute approximate surface area is 110 Å². The zero-order valence-electron chi connectivity index (χ0n) is 10.4. The fraction of sp³-hybridized carbons (Fsp3) is 0.133. The lowest BCUT2D eigenvalue weighted by molar-refractivity contribution is 0.626. The van der Waals surface area contributed by atoms with Crippen LogP contribution in [0, 0.1) is 5.82 Å². The summed E-state index contributed by atoms with van der Waals surface area (Å²) in [6.07, 6.45) is 0.796. The van der Waals surface area contributed by atoms with Crippen LogP contribution >= 0.6 is 0 Å². The van der Waals surface area contributed by atoms with Crippen molar-refractivity contribution in [2.45, 2.75) is 13.0 Å². The van der Waals surface area contributed by atoms with Gasteiger partial charge in [0.05, 0.1) is 11.0 Å². The normalized spacial score (nSPS) is 11.0. The molecule has 96 valence electrons. The molecular formula is C15H14FN3. The molecule has 0 atom stereocenters. The van der Waals surface area contributed by atoms with Crippen molar-refractivity contribution in [2.24, 2.45) is 0 Å². The first kappa shape index (κ1) is 11.7. The van der Waals surface area contributed by atoms with E-state index in [4.69, 9.17) is 5.73 Å². The zero-order chi connectivity index (χ0) is 13.2. The highest BCUT2D eigenvalue weighted by atomic mass is 19.1. The molecule has 2 aromatic carbocycles. The van der Waals surface area contributed by atoms with Crippen molar-refractivity contribution in [1.29, 1.82) is 0 Å². The lowest BCUT2D eigenvalue weighted by atomic mass is 10.1. The van der Waals surface area contributed by atoms with Crippen LogP contribution in [0.4, 0.5) is 10.3 Å². The van der Waals surface area contributed by atoms with Crippen molar-refractivity contribution in [3.8, 4) is 0 Å². The standard InChI is InChI=1S/C15H14FN3/c16-12-7-5-11(6-8-12)9-10-19-14-4-2-1-3-13(14)18-15(19)17/h1-8H,9-10H2,(H2,17,18). The van der Waals surface area contributed by atoms with Gasteiger partial charge >= 0.3 is 0 Å². The molecule has 0 radical (unpaired) electrons. The summed E-state index contributed by atoms with van der Waals surface area (Å²) in [7, 11) is 0. The molecule has 3 aromatic rings. The van der Waals surface area contributed by atoms with Crippen LogP contribution in [0.1, 0.15) is 5.56 Å². The Balaban J connectivity index is 1.85. The number of anilines is 1. The maximum Gasteiger partial charge on any atom is 0.201 e. The molecule has 0 aliphatic heterocycles. The monoisotopic (exact) mass is 255 g/mol. The molecule has 0 amide bonds. The zero-order valence-corrected chi connectivity index (χ0v) is 10.4. The van der Waals surface area contributed by atoms with Crippen molar-refractivity contribution in [3.05, 3.63) is 59.9 Å². The van der Waals surface area contributed by atoms with Gasteiger partial charge in [0, 0.05) is 6.54 Å². The van der Waals surface area contributed by atoms with Crippen molar-refractivity contribution in [3.63, 3.8) is 0 Å². The van der Waals surface area contributed by atoms with E-state index in [1.165, 1.54) is 12.1 Å². The molecule has 0 fully saturated rings. The second-order valence-corrected chi connectivity index (χ2v) is 4.49. The molecule has 4 heteroatoms. The molecule has 0 saturated heterocycles. The Hall–Kier alpha value is -2.36. The third kappa shape index (κ3) is 2.29. The van der Waals surface area contributed by atoms with Gasteiger partial charge in [0.15, 0.2) is 0 Å². The molecule has 0 bridgehead atoms. The minimum absolute atomic E-state index is 0.212. The maximum atomic E-state index is 12.8. The van der Waals surface area contributed by atoms with Gasteiger partial charge in [-0.1, -0.05) is 24.3 Å². The van der Waals surface area contributed by atoms with E-state index < -0.39 is 0 Å². The third-order valence-electron chi connectivity index (χ3n) is 3.22. The third-order valence-corrected chi connectivity index (χ3v) is 3.22. The first-order valence-electron chi connectivity index (χ1n) is 6.19. The summed E-state index contributed by atoms with van der Waals surface area (Å²) in [5.41, 5.74) is 8.95. The Morgan fingerprint density at radius 1 is 1.05 bits per heavy atom. The Bertz CT molecular complexity index is 701. The number of benzene rings is 2. The number of para-hydroxylation sites is 2. The number of rotatable bonds is 3. The SMILES string of the molecule is Nc1nc2ccccc2n1CCc1ccc(F)cc1. The Kier molecular flexibility index (Phi) is 2.91. The molecule has 1 aromatic heterocycles. The van der Waals surface area contributed by atoms with Crippen molar-refractivity contribution < 1.29 is 4.39 Å². The molecule has 0 saturated carbocycles.